The van der Waals surface area contributed by atoms with Gasteiger partial charge >= 0.3 is 0 Å². The molecule has 0 radical (unpaired) electrons. The SMILES string of the molecule is CCN1CCCC(C(C)Nc2ccc(Cl)c(F)c2)C1. The fourth-order valence-electron chi connectivity index (χ4n) is 2.75. The van der Waals surface area contributed by atoms with Crippen LogP contribution in [0, 0.1) is 11.7 Å². The van der Waals surface area contributed by atoms with Gasteiger partial charge in [-0.2, -0.15) is 0 Å². The summed E-state index contributed by atoms with van der Waals surface area (Å²) in [7, 11) is 0. The first-order chi connectivity index (χ1) is 9.10. The maximum Gasteiger partial charge on any atom is 0.143 e. The minimum Gasteiger partial charge on any atom is -0.382 e. The molecule has 0 bridgehead atoms. The van der Waals surface area contributed by atoms with Crippen LogP contribution >= 0.6 is 11.6 Å². The molecule has 2 atom stereocenters. The molecule has 4 heteroatoms. The molecule has 2 rings (SSSR count). The van der Waals surface area contributed by atoms with E-state index in [-0.39, 0.29) is 10.8 Å². The Bertz CT molecular complexity index is 425. The predicted molar refractivity (Wildman–Crippen MR) is 79.3 cm³/mol. The Morgan fingerprint density at radius 3 is 3.00 bits per heavy atom. The summed E-state index contributed by atoms with van der Waals surface area (Å²) in [5.74, 6) is 0.255. The molecule has 2 unspecified atom stereocenters. The topological polar surface area (TPSA) is 15.3 Å². The number of anilines is 1. The monoisotopic (exact) mass is 284 g/mol. The van der Waals surface area contributed by atoms with Gasteiger partial charge in [0, 0.05) is 18.3 Å². The highest BCUT2D eigenvalue weighted by Gasteiger charge is 2.23. The zero-order valence-corrected chi connectivity index (χ0v) is 12.4. The Labute approximate surface area is 119 Å². The van der Waals surface area contributed by atoms with Crippen molar-refractivity contribution in [1.82, 2.24) is 4.90 Å². The van der Waals surface area contributed by atoms with Gasteiger partial charge in [0.1, 0.15) is 5.82 Å². The van der Waals surface area contributed by atoms with Crippen molar-refractivity contribution < 1.29 is 4.39 Å². The molecule has 0 aliphatic carbocycles. The Hall–Kier alpha value is -0.800. The Morgan fingerprint density at radius 2 is 2.32 bits per heavy atom. The summed E-state index contributed by atoms with van der Waals surface area (Å²) in [5.41, 5.74) is 0.808. The van der Waals surface area contributed by atoms with Gasteiger partial charge in [0.25, 0.3) is 0 Å². The average molecular weight is 285 g/mol. The van der Waals surface area contributed by atoms with Crippen molar-refractivity contribution in [2.45, 2.75) is 32.7 Å². The van der Waals surface area contributed by atoms with Crippen LogP contribution in [0.1, 0.15) is 26.7 Å². The zero-order valence-electron chi connectivity index (χ0n) is 11.6. The van der Waals surface area contributed by atoms with Crippen molar-refractivity contribution in [3.8, 4) is 0 Å². The van der Waals surface area contributed by atoms with E-state index in [0.29, 0.717) is 12.0 Å². The maximum atomic E-state index is 13.4. The van der Waals surface area contributed by atoms with Gasteiger partial charge in [0.05, 0.1) is 5.02 Å². The van der Waals surface area contributed by atoms with Crippen LogP contribution in [-0.2, 0) is 0 Å². The second-order valence-electron chi connectivity index (χ2n) is 5.36. The highest BCUT2D eigenvalue weighted by Crippen LogP contribution is 2.24. The molecule has 1 heterocycles. The van der Waals surface area contributed by atoms with E-state index in [2.05, 4.69) is 24.1 Å². The predicted octanol–water partition coefficient (Wildman–Crippen LogP) is 4.01. The molecule has 0 spiro atoms. The summed E-state index contributed by atoms with van der Waals surface area (Å²) >= 11 is 5.69. The van der Waals surface area contributed by atoms with Gasteiger partial charge in [-0.1, -0.05) is 18.5 Å². The molecular formula is C15H22ClFN2. The standard InChI is InChI=1S/C15H22ClFN2/c1-3-19-8-4-5-12(10-19)11(2)18-13-6-7-14(16)15(17)9-13/h6-7,9,11-12,18H,3-5,8,10H2,1-2H3. The van der Waals surface area contributed by atoms with E-state index in [1.807, 2.05) is 6.07 Å². The minimum atomic E-state index is -0.363. The third-order valence-corrected chi connectivity index (χ3v) is 4.32. The molecule has 1 N–H and O–H groups in total. The molecular weight excluding hydrogens is 263 g/mol. The van der Waals surface area contributed by atoms with Crippen molar-refractivity contribution in [1.29, 1.82) is 0 Å². The van der Waals surface area contributed by atoms with Crippen LogP contribution in [-0.4, -0.2) is 30.6 Å². The molecule has 0 aromatic heterocycles. The molecule has 2 nitrogen and oxygen atoms in total. The molecule has 106 valence electrons. The van der Waals surface area contributed by atoms with Gasteiger partial charge < -0.3 is 10.2 Å². The third kappa shape index (κ3) is 3.83. The summed E-state index contributed by atoms with van der Waals surface area (Å²) in [5, 5.41) is 3.57. The summed E-state index contributed by atoms with van der Waals surface area (Å²) < 4.78 is 13.4. The number of rotatable bonds is 4. The minimum absolute atomic E-state index is 0.174. The molecule has 1 aliphatic heterocycles. The van der Waals surface area contributed by atoms with Crippen molar-refractivity contribution in [2.24, 2.45) is 5.92 Å². The molecule has 1 aromatic rings. The van der Waals surface area contributed by atoms with Crippen LogP contribution in [0.25, 0.3) is 0 Å². The van der Waals surface area contributed by atoms with Crippen molar-refractivity contribution in [3.05, 3.63) is 29.0 Å². The van der Waals surface area contributed by atoms with Gasteiger partial charge in [-0.3, -0.25) is 0 Å². The molecule has 1 aliphatic rings. The van der Waals surface area contributed by atoms with Crippen molar-refractivity contribution in [2.75, 3.05) is 25.0 Å². The largest absolute Gasteiger partial charge is 0.382 e. The second kappa shape index (κ2) is 6.58. The average Bonchev–Trinajstić information content (AvgIpc) is 2.43. The fourth-order valence-corrected chi connectivity index (χ4v) is 2.87. The van der Waals surface area contributed by atoms with Crippen LogP contribution in [0.2, 0.25) is 5.02 Å². The number of nitrogens with one attached hydrogen (secondary N) is 1. The lowest BCUT2D eigenvalue weighted by Gasteiger charge is -2.35. The molecule has 1 aromatic carbocycles. The van der Waals surface area contributed by atoms with E-state index in [4.69, 9.17) is 11.6 Å². The van der Waals surface area contributed by atoms with E-state index in [9.17, 15) is 4.39 Å². The van der Waals surface area contributed by atoms with E-state index in [1.54, 1.807) is 6.07 Å². The summed E-state index contributed by atoms with van der Waals surface area (Å²) in [6, 6.07) is 5.25. The summed E-state index contributed by atoms with van der Waals surface area (Å²) in [4.78, 5) is 2.48. The van der Waals surface area contributed by atoms with E-state index >= 15 is 0 Å². The van der Waals surface area contributed by atoms with Gasteiger partial charge in [-0.05, 0) is 57.0 Å². The van der Waals surface area contributed by atoms with Crippen molar-refractivity contribution >= 4 is 17.3 Å². The Balaban J connectivity index is 1.96. The first-order valence-electron chi connectivity index (χ1n) is 7.04. The quantitative estimate of drug-likeness (QED) is 0.899. The van der Waals surface area contributed by atoms with Crippen molar-refractivity contribution in [3.63, 3.8) is 0 Å². The van der Waals surface area contributed by atoms with Crippen LogP contribution in [0.5, 0.6) is 0 Å². The van der Waals surface area contributed by atoms with E-state index < -0.39 is 0 Å². The number of benzene rings is 1. The number of nitrogens with zero attached hydrogens (tertiary/aromatic N) is 1. The maximum absolute atomic E-state index is 13.4. The Morgan fingerprint density at radius 1 is 1.53 bits per heavy atom. The Kier molecular flexibility index (Phi) is 5.06. The van der Waals surface area contributed by atoms with Crippen LogP contribution < -0.4 is 5.32 Å². The first kappa shape index (κ1) is 14.6. The summed E-state index contributed by atoms with van der Waals surface area (Å²) in [6.45, 7) is 7.82. The lowest BCUT2D eigenvalue weighted by molar-refractivity contribution is 0.172. The third-order valence-electron chi connectivity index (χ3n) is 4.01. The lowest BCUT2D eigenvalue weighted by atomic mass is 9.91. The van der Waals surface area contributed by atoms with Gasteiger partial charge in [-0.25, -0.2) is 4.39 Å². The normalized spacial score (nSPS) is 22.2. The molecule has 1 saturated heterocycles. The smallest absolute Gasteiger partial charge is 0.143 e. The zero-order chi connectivity index (χ0) is 13.8. The fraction of sp³-hybridized carbons (Fsp3) is 0.600. The van der Waals surface area contributed by atoms with Gasteiger partial charge in [0.2, 0.25) is 0 Å². The molecule has 1 fully saturated rings. The van der Waals surface area contributed by atoms with Crippen LogP contribution in [0.15, 0.2) is 18.2 Å². The van der Waals surface area contributed by atoms with Gasteiger partial charge in [-0.15, -0.1) is 0 Å². The lowest BCUT2D eigenvalue weighted by Crippen LogP contribution is -2.41. The van der Waals surface area contributed by atoms with Crippen LogP contribution in [0.4, 0.5) is 10.1 Å². The van der Waals surface area contributed by atoms with E-state index in [0.717, 1.165) is 18.8 Å². The van der Waals surface area contributed by atoms with Gasteiger partial charge in [0.15, 0.2) is 0 Å². The number of piperidine rings is 1. The second-order valence-corrected chi connectivity index (χ2v) is 5.76. The molecule has 0 amide bonds. The highest BCUT2D eigenvalue weighted by atomic mass is 35.5. The molecule has 0 saturated carbocycles. The number of halogens is 2. The van der Waals surface area contributed by atoms with E-state index in [1.165, 1.54) is 25.5 Å². The number of hydrogen-bond donors (Lipinski definition) is 1. The summed E-state index contributed by atoms with van der Waals surface area (Å²) in [6.07, 6.45) is 2.49. The highest BCUT2D eigenvalue weighted by molar-refractivity contribution is 6.30. The van der Waals surface area contributed by atoms with Crippen LogP contribution in [0.3, 0.4) is 0 Å². The number of hydrogen-bond acceptors (Lipinski definition) is 2. The molecule has 19 heavy (non-hydrogen) atoms. The first-order valence-corrected chi connectivity index (χ1v) is 7.42. The number of likely N-dealkylation sites (tertiary alicyclic amines) is 1.